The Morgan fingerprint density at radius 1 is 0.917 bits per heavy atom. The highest BCUT2D eigenvalue weighted by Crippen LogP contribution is 2.21. The lowest BCUT2D eigenvalue weighted by atomic mass is 10.2. The minimum atomic E-state index is -0.737. The number of aromatic nitrogens is 2. The van der Waals surface area contributed by atoms with E-state index >= 15 is 0 Å². The van der Waals surface area contributed by atoms with Crippen LogP contribution < -0.4 is 26.6 Å². The Morgan fingerprint density at radius 2 is 1.56 bits per heavy atom. The third-order valence-electron chi connectivity index (χ3n) is 5.82. The molecule has 184 valence electrons. The predicted molar refractivity (Wildman–Crippen MR) is 140 cm³/mol. The molecule has 0 aliphatic carbocycles. The molecule has 0 fully saturated rings. The van der Waals surface area contributed by atoms with E-state index in [1.807, 2.05) is 85.8 Å². The summed E-state index contributed by atoms with van der Waals surface area (Å²) in [6.45, 7) is 1.94. The molecule has 4 rings (SSSR count). The molecular formula is C28H28N4O4. The number of carbonyl (C=O) groups is 1. The molecule has 0 saturated heterocycles. The van der Waals surface area contributed by atoms with Gasteiger partial charge in [0, 0.05) is 0 Å². The second-order valence-electron chi connectivity index (χ2n) is 8.32. The molecule has 3 N–H and O–H groups in total. The van der Waals surface area contributed by atoms with Gasteiger partial charge >= 0.3 is 5.69 Å². The predicted octanol–water partition coefficient (Wildman–Crippen LogP) is 3.34. The summed E-state index contributed by atoms with van der Waals surface area (Å²) in [6.07, 6.45) is 0.833. The van der Waals surface area contributed by atoms with E-state index in [0.29, 0.717) is 5.75 Å². The molecule has 8 nitrogen and oxygen atoms in total. The number of rotatable bonds is 9. The van der Waals surface area contributed by atoms with Gasteiger partial charge in [-0.15, -0.1) is 0 Å². The van der Waals surface area contributed by atoms with Gasteiger partial charge in [-0.3, -0.25) is 24.0 Å². The van der Waals surface area contributed by atoms with Crippen LogP contribution in [0.1, 0.15) is 23.6 Å². The van der Waals surface area contributed by atoms with Crippen molar-refractivity contribution >= 4 is 17.4 Å². The van der Waals surface area contributed by atoms with Crippen LogP contribution in [0.3, 0.4) is 0 Å². The van der Waals surface area contributed by atoms with Crippen LogP contribution in [0.15, 0.2) is 94.5 Å². The number of nitrogen functional groups attached to an aromatic ring is 1. The molecule has 4 aromatic rings. The summed E-state index contributed by atoms with van der Waals surface area (Å²) >= 11 is 0. The summed E-state index contributed by atoms with van der Waals surface area (Å²) in [5, 5.41) is 0. The van der Waals surface area contributed by atoms with Gasteiger partial charge in [-0.2, -0.15) is 0 Å². The summed E-state index contributed by atoms with van der Waals surface area (Å²) in [5.74, 6) is -0.00832. The summed E-state index contributed by atoms with van der Waals surface area (Å²) in [4.78, 5) is 42.6. The number of hydrogen-bond acceptors (Lipinski definition) is 5. The van der Waals surface area contributed by atoms with Gasteiger partial charge in [0.1, 0.15) is 11.6 Å². The summed E-state index contributed by atoms with van der Waals surface area (Å²) in [5.41, 5.74) is 7.59. The van der Waals surface area contributed by atoms with Crippen LogP contribution in [0.2, 0.25) is 0 Å². The zero-order valence-electron chi connectivity index (χ0n) is 20.0. The number of nitrogens with zero attached hydrogens (tertiary/aromatic N) is 2. The molecule has 0 radical (unpaired) electrons. The highest BCUT2D eigenvalue weighted by molar-refractivity contribution is 5.96. The molecule has 36 heavy (non-hydrogen) atoms. The van der Waals surface area contributed by atoms with Crippen LogP contribution in [0.5, 0.6) is 5.75 Å². The van der Waals surface area contributed by atoms with Crippen molar-refractivity contribution in [2.75, 3.05) is 17.2 Å². The van der Waals surface area contributed by atoms with Crippen LogP contribution in [0, 0.1) is 0 Å². The van der Waals surface area contributed by atoms with E-state index in [2.05, 4.69) is 4.98 Å². The molecule has 3 aromatic carbocycles. The number of anilines is 2. The number of H-pyrrole nitrogens is 1. The van der Waals surface area contributed by atoms with Crippen LogP contribution in [0.4, 0.5) is 11.5 Å². The molecule has 0 spiro atoms. The van der Waals surface area contributed by atoms with Crippen molar-refractivity contribution in [1.82, 2.24) is 9.55 Å². The van der Waals surface area contributed by atoms with Gasteiger partial charge in [-0.25, -0.2) is 4.79 Å². The number of nitrogens with two attached hydrogens (primary N) is 1. The number of aromatic amines is 1. The van der Waals surface area contributed by atoms with E-state index in [4.69, 9.17) is 10.5 Å². The van der Waals surface area contributed by atoms with Crippen molar-refractivity contribution in [3.8, 4) is 5.75 Å². The molecule has 0 saturated carbocycles. The Bertz CT molecular complexity index is 1450. The van der Waals surface area contributed by atoms with Gasteiger partial charge in [0.15, 0.2) is 12.3 Å². The van der Waals surface area contributed by atoms with Gasteiger partial charge in [-0.1, -0.05) is 79.7 Å². The van der Waals surface area contributed by atoms with E-state index < -0.39 is 17.2 Å². The SMILES string of the molecule is CCc1cccc(OCC(=O)N(Cc2ccccc2)c2c(N)n(Cc3ccccc3)c(=O)[nH]c2=O)c1. The average molecular weight is 485 g/mol. The molecule has 1 amide bonds. The van der Waals surface area contributed by atoms with Gasteiger partial charge in [0.05, 0.1) is 13.1 Å². The molecule has 8 heteroatoms. The van der Waals surface area contributed by atoms with E-state index in [-0.39, 0.29) is 31.2 Å². The Morgan fingerprint density at radius 3 is 2.22 bits per heavy atom. The van der Waals surface area contributed by atoms with Crippen molar-refractivity contribution in [2.45, 2.75) is 26.4 Å². The fourth-order valence-corrected chi connectivity index (χ4v) is 3.90. The van der Waals surface area contributed by atoms with E-state index in [1.165, 1.54) is 9.47 Å². The maximum absolute atomic E-state index is 13.4. The van der Waals surface area contributed by atoms with E-state index in [9.17, 15) is 14.4 Å². The number of amides is 1. The summed E-state index contributed by atoms with van der Waals surface area (Å²) < 4.78 is 7.02. The maximum Gasteiger partial charge on any atom is 0.330 e. The van der Waals surface area contributed by atoms with Crippen molar-refractivity contribution in [2.24, 2.45) is 0 Å². The second kappa shape index (κ2) is 11.2. The summed E-state index contributed by atoms with van der Waals surface area (Å²) in [7, 11) is 0. The van der Waals surface area contributed by atoms with Gasteiger partial charge in [-0.05, 0) is 35.2 Å². The first-order valence-corrected chi connectivity index (χ1v) is 11.7. The van der Waals surface area contributed by atoms with Crippen molar-refractivity contribution in [3.63, 3.8) is 0 Å². The largest absolute Gasteiger partial charge is 0.484 e. The Kier molecular flexibility index (Phi) is 7.65. The minimum absolute atomic E-state index is 0.0782. The van der Waals surface area contributed by atoms with Crippen LogP contribution in [-0.4, -0.2) is 22.1 Å². The Labute approximate surface area is 208 Å². The van der Waals surface area contributed by atoms with Gasteiger partial charge in [0.2, 0.25) is 0 Å². The summed E-state index contributed by atoms with van der Waals surface area (Å²) in [6, 6.07) is 26.0. The number of nitrogens with one attached hydrogen (secondary N) is 1. The fourth-order valence-electron chi connectivity index (χ4n) is 3.90. The highest BCUT2D eigenvalue weighted by atomic mass is 16.5. The molecule has 0 aliphatic heterocycles. The fraction of sp³-hybridized carbons (Fsp3) is 0.179. The second-order valence-corrected chi connectivity index (χ2v) is 8.32. The first-order valence-electron chi connectivity index (χ1n) is 11.7. The number of hydrogen-bond donors (Lipinski definition) is 2. The topological polar surface area (TPSA) is 110 Å². The van der Waals surface area contributed by atoms with E-state index in [1.54, 1.807) is 6.07 Å². The monoisotopic (exact) mass is 484 g/mol. The normalized spacial score (nSPS) is 10.7. The lowest BCUT2D eigenvalue weighted by molar-refractivity contribution is -0.120. The molecule has 0 unspecified atom stereocenters. The van der Waals surface area contributed by atoms with Crippen molar-refractivity contribution < 1.29 is 9.53 Å². The number of carbonyl (C=O) groups excluding carboxylic acids is 1. The lowest BCUT2D eigenvalue weighted by Gasteiger charge is -2.25. The molecule has 0 atom stereocenters. The zero-order valence-corrected chi connectivity index (χ0v) is 20.0. The first-order chi connectivity index (χ1) is 17.5. The number of benzene rings is 3. The number of aryl methyl sites for hydroxylation is 1. The van der Waals surface area contributed by atoms with Crippen LogP contribution in [-0.2, 0) is 24.3 Å². The minimum Gasteiger partial charge on any atom is -0.484 e. The quantitative estimate of drug-likeness (QED) is 0.379. The third kappa shape index (κ3) is 5.72. The van der Waals surface area contributed by atoms with Crippen molar-refractivity contribution in [3.05, 3.63) is 122 Å². The average Bonchev–Trinajstić information content (AvgIpc) is 2.90. The molecule has 0 aliphatic rings. The van der Waals surface area contributed by atoms with Crippen molar-refractivity contribution in [1.29, 1.82) is 0 Å². The van der Waals surface area contributed by atoms with Crippen LogP contribution >= 0.6 is 0 Å². The van der Waals surface area contributed by atoms with E-state index in [0.717, 1.165) is 23.1 Å². The molecule has 1 heterocycles. The molecule has 1 aromatic heterocycles. The third-order valence-corrected chi connectivity index (χ3v) is 5.82. The molecule has 0 bridgehead atoms. The zero-order chi connectivity index (χ0) is 25.5. The standard InChI is InChI=1S/C28H28N4O4/c1-2-20-14-9-15-23(16-20)36-19-24(33)31(17-21-10-5-3-6-11-21)25-26(29)32(28(35)30-27(25)34)18-22-12-7-4-8-13-22/h3-16H,2,17-19,29H2,1H3,(H,30,34,35). The van der Waals surface area contributed by atoms with Crippen LogP contribution in [0.25, 0.3) is 0 Å². The van der Waals surface area contributed by atoms with Gasteiger partial charge < -0.3 is 10.5 Å². The smallest absolute Gasteiger partial charge is 0.330 e. The lowest BCUT2D eigenvalue weighted by Crippen LogP contribution is -2.42. The maximum atomic E-state index is 13.4. The van der Waals surface area contributed by atoms with Gasteiger partial charge in [0.25, 0.3) is 11.5 Å². The number of ether oxygens (including phenoxy) is 1. The Balaban J connectivity index is 1.70. The molecular weight excluding hydrogens is 456 g/mol. The Hall–Kier alpha value is -4.59. The first kappa shape index (κ1) is 24.5. The highest BCUT2D eigenvalue weighted by Gasteiger charge is 2.25.